The third kappa shape index (κ3) is 2.74. The molecular formula is C14H22N2O2. The van der Waals surface area contributed by atoms with Crippen molar-refractivity contribution in [2.45, 2.75) is 64.8 Å². The fourth-order valence-corrected chi connectivity index (χ4v) is 2.73. The summed E-state index contributed by atoms with van der Waals surface area (Å²) in [7, 11) is 0. The van der Waals surface area contributed by atoms with Crippen LogP contribution in [0, 0.1) is 0 Å². The Morgan fingerprint density at radius 1 is 1.11 bits per heavy atom. The number of H-pyrrole nitrogens is 1. The lowest BCUT2D eigenvalue weighted by atomic mass is 9.97. The summed E-state index contributed by atoms with van der Waals surface area (Å²) in [4.78, 5) is 26.1. The number of aromatic amines is 1. The Hall–Kier alpha value is -1.32. The molecule has 0 aromatic carbocycles. The first-order valence-corrected chi connectivity index (χ1v) is 7.09. The summed E-state index contributed by atoms with van der Waals surface area (Å²) < 4.78 is 1.80. The van der Waals surface area contributed by atoms with Crippen LogP contribution < -0.4 is 11.2 Å². The third-order valence-corrected chi connectivity index (χ3v) is 3.74. The van der Waals surface area contributed by atoms with Gasteiger partial charge in [-0.2, -0.15) is 0 Å². The summed E-state index contributed by atoms with van der Waals surface area (Å²) >= 11 is 0. The van der Waals surface area contributed by atoms with Gasteiger partial charge in [-0.1, -0.05) is 26.2 Å². The van der Waals surface area contributed by atoms with Gasteiger partial charge in [-0.05, 0) is 32.1 Å². The molecule has 1 aliphatic carbocycles. The molecule has 1 heterocycles. The Bertz CT molecular complexity index is 514. The minimum absolute atomic E-state index is 0.167. The molecule has 1 N–H and O–H groups in total. The van der Waals surface area contributed by atoms with E-state index in [4.69, 9.17) is 0 Å². The predicted octanol–water partition coefficient (Wildman–Crippen LogP) is 2.00. The Morgan fingerprint density at radius 3 is 2.67 bits per heavy atom. The molecule has 0 aliphatic heterocycles. The molecular weight excluding hydrogens is 228 g/mol. The van der Waals surface area contributed by atoms with E-state index in [0.717, 1.165) is 56.3 Å². The molecule has 100 valence electrons. The second-order valence-corrected chi connectivity index (χ2v) is 5.10. The predicted molar refractivity (Wildman–Crippen MR) is 72.1 cm³/mol. The molecule has 0 saturated carbocycles. The van der Waals surface area contributed by atoms with Crippen molar-refractivity contribution in [3.63, 3.8) is 0 Å². The Balaban J connectivity index is 2.23. The lowest BCUT2D eigenvalue weighted by Crippen LogP contribution is -2.36. The van der Waals surface area contributed by atoms with Gasteiger partial charge < -0.3 is 0 Å². The molecule has 0 bridgehead atoms. The van der Waals surface area contributed by atoms with E-state index in [-0.39, 0.29) is 11.2 Å². The zero-order valence-electron chi connectivity index (χ0n) is 11.1. The van der Waals surface area contributed by atoms with Crippen molar-refractivity contribution < 1.29 is 0 Å². The van der Waals surface area contributed by atoms with E-state index < -0.39 is 0 Å². The quantitative estimate of drug-likeness (QED) is 0.813. The highest BCUT2D eigenvalue weighted by Gasteiger charge is 2.17. The van der Waals surface area contributed by atoms with Crippen LogP contribution in [0.2, 0.25) is 0 Å². The van der Waals surface area contributed by atoms with Gasteiger partial charge in [0.15, 0.2) is 0 Å². The van der Waals surface area contributed by atoms with Crippen molar-refractivity contribution in [3.8, 4) is 0 Å². The minimum atomic E-state index is -0.225. The summed E-state index contributed by atoms with van der Waals surface area (Å²) in [6.45, 7) is 2.92. The zero-order chi connectivity index (χ0) is 13.0. The molecule has 2 rings (SSSR count). The third-order valence-electron chi connectivity index (χ3n) is 3.74. The van der Waals surface area contributed by atoms with Crippen molar-refractivity contribution in [1.29, 1.82) is 0 Å². The van der Waals surface area contributed by atoms with Crippen LogP contribution >= 0.6 is 0 Å². The summed E-state index contributed by atoms with van der Waals surface area (Å²) in [5.41, 5.74) is 1.44. The monoisotopic (exact) mass is 250 g/mol. The van der Waals surface area contributed by atoms with Crippen molar-refractivity contribution >= 4 is 0 Å². The molecule has 0 radical (unpaired) electrons. The van der Waals surface area contributed by atoms with Crippen LogP contribution in [0.15, 0.2) is 9.59 Å². The maximum Gasteiger partial charge on any atom is 0.328 e. The Labute approximate surface area is 107 Å². The molecule has 1 aliphatic rings. The van der Waals surface area contributed by atoms with Gasteiger partial charge in [-0.15, -0.1) is 0 Å². The van der Waals surface area contributed by atoms with E-state index in [2.05, 4.69) is 11.9 Å². The minimum Gasteiger partial charge on any atom is -0.297 e. The number of nitrogens with zero attached hydrogens (tertiary/aromatic N) is 1. The number of rotatable bonds is 5. The van der Waals surface area contributed by atoms with Gasteiger partial charge in [-0.3, -0.25) is 14.3 Å². The van der Waals surface area contributed by atoms with Crippen LogP contribution in [0.5, 0.6) is 0 Å². The number of hydrogen-bond acceptors (Lipinski definition) is 2. The fourth-order valence-electron chi connectivity index (χ4n) is 2.73. The number of aromatic nitrogens is 2. The topological polar surface area (TPSA) is 54.9 Å². The molecule has 0 fully saturated rings. The molecule has 4 heteroatoms. The summed E-state index contributed by atoms with van der Waals surface area (Å²) in [6.07, 6.45) is 8.42. The van der Waals surface area contributed by atoms with Gasteiger partial charge in [0, 0.05) is 17.8 Å². The van der Waals surface area contributed by atoms with Crippen molar-refractivity contribution in [2.24, 2.45) is 0 Å². The van der Waals surface area contributed by atoms with Gasteiger partial charge in [0.25, 0.3) is 5.56 Å². The summed E-state index contributed by atoms with van der Waals surface area (Å²) in [6, 6.07) is 0. The van der Waals surface area contributed by atoms with Crippen LogP contribution in [0.3, 0.4) is 0 Å². The molecule has 0 atom stereocenters. The standard InChI is InChI=1S/C14H22N2O2/c1-2-3-4-7-10-16-12-9-6-5-8-11(12)13(17)15-14(16)18/h2-10H2,1H3,(H,15,17,18). The number of hydrogen-bond donors (Lipinski definition) is 1. The molecule has 18 heavy (non-hydrogen) atoms. The first-order chi connectivity index (χ1) is 8.74. The van der Waals surface area contributed by atoms with E-state index in [1.807, 2.05) is 0 Å². The van der Waals surface area contributed by atoms with E-state index >= 15 is 0 Å². The fraction of sp³-hybridized carbons (Fsp3) is 0.714. The highest BCUT2D eigenvalue weighted by Crippen LogP contribution is 2.16. The van der Waals surface area contributed by atoms with Crippen LogP contribution in [0.4, 0.5) is 0 Å². The summed E-state index contributed by atoms with van der Waals surface area (Å²) in [5, 5.41) is 0. The van der Waals surface area contributed by atoms with Crippen molar-refractivity contribution in [1.82, 2.24) is 9.55 Å². The summed E-state index contributed by atoms with van der Waals surface area (Å²) in [5.74, 6) is 0. The number of nitrogens with one attached hydrogen (secondary N) is 1. The Morgan fingerprint density at radius 2 is 1.89 bits per heavy atom. The van der Waals surface area contributed by atoms with Crippen molar-refractivity contribution in [3.05, 3.63) is 32.1 Å². The zero-order valence-corrected chi connectivity index (χ0v) is 11.1. The maximum atomic E-state index is 11.9. The molecule has 4 nitrogen and oxygen atoms in total. The smallest absolute Gasteiger partial charge is 0.297 e. The van der Waals surface area contributed by atoms with Crippen LogP contribution in [-0.4, -0.2) is 9.55 Å². The first-order valence-electron chi connectivity index (χ1n) is 7.09. The Kier molecular flexibility index (Phi) is 4.39. The molecule has 0 spiro atoms. The van der Waals surface area contributed by atoms with Crippen LogP contribution in [0.25, 0.3) is 0 Å². The normalized spacial score (nSPS) is 14.5. The van der Waals surface area contributed by atoms with E-state index in [9.17, 15) is 9.59 Å². The number of unbranched alkanes of at least 4 members (excludes halogenated alkanes) is 3. The molecule has 1 aromatic heterocycles. The maximum absolute atomic E-state index is 11.9. The average molecular weight is 250 g/mol. The SMILES string of the molecule is CCCCCCn1c2c(c(=O)[nH]c1=O)CCCC2. The first kappa shape index (κ1) is 13.1. The largest absolute Gasteiger partial charge is 0.328 e. The molecule has 0 amide bonds. The van der Waals surface area contributed by atoms with Gasteiger partial charge in [-0.25, -0.2) is 4.79 Å². The van der Waals surface area contributed by atoms with Gasteiger partial charge >= 0.3 is 5.69 Å². The molecule has 0 saturated heterocycles. The lowest BCUT2D eigenvalue weighted by Gasteiger charge is -2.19. The van der Waals surface area contributed by atoms with Gasteiger partial charge in [0.2, 0.25) is 0 Å². The average Bonchev–Trinajstić information content (AvgIpc) is 2.38. The molecule has 1 aromatic rings. The van der Waals surface area contributed by atoms with Crippen molar-refractivity contribution in [2.75, 3.05) is 0 Å². The highest BCUT2D eigenvalue weighted by atomic mass is 16.2. The van der Waals surface area contributed by atoms with E-state index in [1.165, 1.54) is 12.8 Å². The van der Waals surface area contributed by atoms with Gasteiger partial charge in [0.1, 0.15) is 0 Å². The van der Waals surface area contributed by atoms with E-state index in [1.54, 1.807) is 4.57 Å². The highest BCUT2D eigenvalue weighted by molar-refractivity contribution is 5.20. The molecule has 0 unspecified atom stereocenters. The van der Waals surface area contributed by atoms with Crippen LogP contribution in [-0.2, 0) is 19.4 Å². The number of fused-ring (bicyclic) bond motifs is 1. The van der Waals surface area contributed by atoms with E-state index in [0.29, 0.717) is 0 Å². The second kappa shape index (κ2) is 6.03. The lowest BCUT2D eigenvalue weighted by molar-refractivity contribution is 0.514. The van der Waals surface area contributed by atoms with Crippen LogP contribution in [0.1, 0.15) is 56.7 Å². The van der Waals surface area contributed by atoms with Gasteiger partial charge in [0.05, 0.1) is 0 Å². The second-order valence-electron chi connectivity index (χ2n) is 5.10.